The predicted molar refractivity (Wildman–Crippen MR) is 103 cm³/mol. The predicted octanol–water partition coefficient (Wildman–Crippen LogP) is 6.79. The molecule has 0 aliphatic heterocycles. The number of halogens is 3. The molecule has 0 N–H and O–H groups in total. The van der Waals surface area contributed by atoms with Gasteiger partial charge in [0.25, 0.3) is 0 Å². The maximum Gasteiger partial charge on any atom is 0.573 e. The molecule has 0 spiro atoms. The van der Waals surface area contributed by atoms with E-state index in [-0.39, 0.29) is 5.75 Å². The lowest BCUT2D eigenvalue weighted by molar-refractivity contribution is -0.274. The average Bonchev–Trinajstić information content (AvgIpc) is 2.65. The van der Waals surface area contributed by atoms with E-state index in [1.807, 2.05) is 13.0 Å². The van der Waals surface area contributed by atoms with Crippen molar-refractivity contribution in [3.8, 4) is 5.75 Å². The van der Waals surface area contributed by atoms with Gasteiger partial charge in [0.1, 0.15) is 13.0 Å². The van der Waals surface area contributed by atoms with Crippen LogP contribution in [0.4, 0.5) is 13.2 Å². The molecule has 26 heavy (non-hydrogen) atoms. The van der Waals surface area contributed by atoms with Crippen LogP contribution in [-0.4, -0.2) is 13.6 Å². The summed E-state index contributed by atoms with van der Waals surface area (Å²) in [6.45, 7) is 1.99. The van der Waals surface area contributed by atoms with Crippen LogP contribution in [0.2, 0.25) is 5.82 Å². The molecule has 0 radical (unpaired) electrons. The lowest BCUT2D eigenvalue weighted by atomic mass is 9.57. The first-order valence-corrected chi connectivity index (χ1v) is 10.4. The zero-order valence-electron chi connectivity index (χ0n) is 16.0. The third-order valence-electron chi connectivity index (χ3n) is 5.59. The van der Waals surface area contributed by atoms with E-state index < -0.39 is 6.36 Å². The zero-order chi connectivity index (χ0) is 18.8. The van der Waals surface area contributed by atoms with Gasteiger partial charge in [-0.15, -0.1) is 13.2 Å². The summed E-state index contributed by atoms with van der Waals surface area (Å²) < 4.78 is 41.3. The van der Waals surface area contributed by atoms with E-state index in [1.165, 1.54) is 75.8 Å². The number of hydrogen-bond acceptors (Lipinski definition) is 1. The molecular weight excluding hydrogens is 336 g/mol. The number of hydrogen-bond donors (Lipinski definition) is 0. The normalized spacial score (nSPS) is 18.2. The second kappa shape index (κ2) is 10.9. The Labute approximate surface area is 156 Å². The van der Waals surface area contributed by atoms with Crippen molar-refractivity contribution in [1.29, 1.82) is 0 Å². The summed E-state index contributed by atoms with van der Waals surface area (Å²) in [7, 11) is 1.15. The van der Waals surface area contributed by atoms with Crippen LogP contribution < -0.4 is 4.74 Å². The molecule has 0 bridgehead atoms. The number of rotatable bonds is 5. The van der Waals surface area contributed by atoms with Crippen LogP contribution in [0.5, 0.6) is 5.75 Å². The van der Waals surface area contributed by atoms with Gasteiger partial charge < -0.3 is 4.74 Å². The molecule has 146 valence electrons. The molecule has 5 heteroatoms. The smallest absolute Gasteiger partial charge is 0.406 e. The Bertz CT molecular complexity index is 518. The average molecular weight is 368 g/mol. The molecule has 1 fully saturated rings. The van der Waals surface area contributed by atoms with E-state index in [0.29, 0.717) is 0 Å². The number of aryl methyl sites for hydroxylation is 1. The van der Waals surface area contributed by atoms with Crippen molar-refractivity contribution in [3.05, 3.63) is 29.3 Å². The van der Waals surface area contributed by atoms with Crippen LogP contribution in [0.25, 0.3) is 0 Å². The third-order valence-corrected chi connectivity index (χ3v) is 5.59. The van der Waals surface area contributed by atoms with Gasteiger partial charge in [-0.1, -0.05) is 94.9 Å². The molecule has 1 saturated carbocycles. The molecule has 1 aliphatic carbocycles. The zero-order valence-corrected chi connectivity index (χ0v) is 16.0. The first kappa shape index (κ1) is 21.2. The van der Waals surface area contributed by atoms with Crippen LogP contribution in [0.3, 0.4) is 0 Å². The van der Waals surface area contributed by atoms with Gasteiger partial charge in [0.2, 0.25) is 0 Å². The largest absolute Gasteiger partial charge is 0.573 e. The lowest BCUT2D eigenvalue weighted by Crippen LogP contribution is -2.17. The van der Waals surface area contributed by atoms with Crippen molar-refractivity contribution in [1.82, 2.24) is 0 Å². The maximum atomic E-state index is 12.4. The molecule has 0 heterocycles. The molecular formula is C21H32BF3O. The minimum Gasteiger partial charge on any atom is -0.406 e. The van der Waals surface area contributed by atoms with Crippen molar-refractivity contribution in [2.45, 2.75) is 96.1 Å². The fraction of sp³-hybridized carbons (Fsp3) is 0.714. The maximum absolute atomic E-state index is 12.4. The van der Waals surface area contributed by atoms with Crippen LogP contribution in [-0.2, 0) is 12.7 Å². The van der Waals surface area contributed by atoms with Gasteiger partial charge in [-0.05, 0) is 24.1 Å². The monoisotopic (exact) mass is 368 g/mol. The molecule has 1 aromatic rings. The fourth-order valence-corrected chi connectivity index (χ4v) is 4.09. The summed E-state index contributed by atoms with van der Waals surface area (Å²) in [6.07, 6.45) is 10.5. The SMILES string of the molecule is CCc1cc(OC(F)(F)F)ccc1CBC1CCCCCCCCCC1. The lowest BCUT2D eigenvalue weighted by Gasteiger charge is -2.17. The van der Waals surface area contributed by atoms with Gasteiger partial charge in [0.05, 0.1) is 0 Å². The summed E-state index contributed by atoms with van der Waals surface area (Å²) in [5, 5.41) is 0. The molecule has 1 nitrogen and oxygen atoms in total. The molecule has 2 rings (SSSR count). The topological polar surface area (TPSA) is 9.23 Å². The Morgan fingerprint density at radius 1 is 0.923 bits per heavy atom. The first-order chi connectivity index (χ1) is 12.5. The highest BCUT2D eigenvalue weighted by molar-refractivity contribution is 6.37. The number of benzene rings is 1. The van der Waals surface area contributed by atoms with Crippen LogP contribution in [0.1, 0.15) is 82.3 Å². The van der Waals surface area contributed by atoms with Gasteiger partial charge >= 0.3 is 6.36 Å². The van der Waals surface area contributed by atoms with Gasteiger partial charge in [0, 0.05) is 0 Å². The van der Waals surface area contributed by atoms with E-state index in [9.17, 15) is 13.2 Å². The summed E-state index contributed by atoms with van der Waals surface area (Å²) in [5.74, 6) is 0.650. The Morgan fingerprint density at radius 3 is 2.04 bits per heavy atom. The molecule has 0 amide bonds. The molecule has 1 aromatic carbocycles. The van der Waals surface area contributed by atoms with Crippen molar-refractivity contribution >= 4 is 7.28 Å². The summed E-state index contributed by atoms with van der Waals surface area (Å²) in [4.78, 5) is 0. The molecule has 0 saturated heterocycles. The number of ether oxygens (including phenoxy) is 1. The minimum atomic E-state index is -4.62. The van der Waals surface area contributed by atoms with Gasteiger partial charge in [-0.2, -0.15) is 0 Å². The Kier molecular flexibility index (Phi) is 8.87. The fourth-order valence-electron chi connectivity index (χ4n) is 4.09. The van der Waals surface area contributed by atoms with E-state index in [0.717, 1.165) is 31.4 Å². The van der Waals surface area contributed by atoms with Crippen LogP contribution in [0, 0.1) is 0 Å². The molecule has 1 aliphatic rings. The summed E-state index contributed by atoms with van der Waals surface area (Å²) in [5.41, 5.74) is 2.15. The number of alkyl halides is 3. The van der Waals surface area contributed by atoms with E-state index in [1.54, 1.807) is 6.07 Å². The second-order valence-corrected chi connectivity index (χ2v) is 7.64. The Balaban J connectivity index is 1.93. The quantitative estimate of drug-likeness (QED) is 0.520. The summed E-state index contributed by atoms with van der Waals surface area (Å²) in [6, 6.07) is 4.84. The highest BCUT2D eigenvalue weighted by Gasteiger charge is 2.31. The van der Waals surface area contributed by atoms with Crippen molar-refractivity contribution in [2.75, 3.05) is 0 Å². The van der Waals surface area contributed by atoms with E-state index >= 15 is 0 Å². The van der Waals surface area contributed by atoms with Gasteiger partial charge in [-0.3, -0.25) is 0 Å². The van der Waals surface area contributed by atoms with Gasteiger partial charge in [0.15, 0.2) is 0 Å². The van der Waals surface area contributed by atoms with E-state index in [2.05, 4.69) is 4.74 Å². The first-order valence-electron chi connectivity index (χ1n) is 10.4. The molecule has 0 atom stereocenters. The standard InChI is InChI=1S/C21H32BF3O/c1-2-17-15-20(26-21(23,24)25)14-13-18(17)16-22-19-11-9-7-5-3-4-6-8-10-12-19/h13-15,19,22H,2-12,16H2,1H3. The van der Waals surface area contributed by atoms with Crippen molar-refractivity contribution in [2.24, 2.45) is 0 Å². The highest BCUT2D eigenvalue weighted by atomic mass is 19.4. The van der Waals surface area contributed by atoms with Crippen molar-refractivity contribution in [3.63, 3.8) is 0 Å². The van der Waals surface area contributed by atoms with Crippen LogP contribution >= 0.6 is 0 Å². The molecule has 0 unspecified atom stereocenters. The minimum absolute atomic E-state index is 0.104. The van der Waals surface area contributed by atoms with Crippen molar-refractivity contribution < 1.29 is 17.9 Å². The Morgan fingerprint density at radius 2 is 1.50 bits per heavy atom. The van der Waals surface area contributed by atoms with Gasteiger partial charge in [-0.25, -0.2) is 0 Å². The summed E-state index contributed by atoms with van der Waals surface area (Å²) >= 11 is 0. The highest BCUT2D eigenvalue weighted by Crippen LogP contribution is 2.28. The van der Waals surface area contributed by atoms with Crippen LogP contribution in [0.15, 0.2) is 18.2 Å². The Hall–Kier alpha value is -1.13. The second-order valence-electron chi connectivity index (χ2n) is 7.64. The molecule has 0 aromatic heterocycles. The third kappa shape index (κ3) is 8.05. The van der Waals surface area contributed by atoms with E-state index in [4.69, 9.17) is 0 Å².